The van der Waals surface area contributed by atoms with Crippen LogP contribution in [0.25, 0.3) is 0 Å². The monoisotopic (exact) mass is 198 g/mol. The second kappa shape index (κ2) is 4.17. The SMILES string of the molecule is COC[C@@H]1CN(C)CC12CCNCC2. The van der Waals surface area contributed by atoms with Crippen molar-refractivity contribution in [2.75, 3.05) is 46.9 Å². The van der Waals surface area contributed by atoms with E-state index in [0.717, 1.165) is 12.5 Å². The van der Waals surface area contributed by atoms with Crippen LogP contribution >= 0.6 is 0 Å². The molecule has 3 nitrogen and oxygen atoms in total. The van der Waals surface area contributed by atoms with E-state index in [-0.39, 0.29) is 0 Å². The van der Waals surface area contributed by atoms with Gasteiger partial charge in [-0.05, 0) is 38.4 Å². The van der Waals surface area contributed by atoms with Crippen LogP contribution in [-0.4, -0.2) is 51.8 Å². The first-order valence-electron chi connectivity index (χ1n) is 5.65. The van der Waals surface area contributed by atoms with E-state index in [4.69, 9.17) is 4.74 Å². The number of methoxy groups -OCH3 is 1. The third-order valence-electron chi connectivity index (χ3n) is 3.95. The number of nitrogens with zero attached hydrogens (tertiary/aromatic N) is 1. The maximum Gasteiger partial charge on any atom is 0.0508 e. The van der Waals surface area contributed by atoms with Crippen molar-refractivity contribution in [3.63, 3.8) is 0 Å². The molecule has 0 radical (unpaired) electrons. The first kappa shape index (κ1) is 10.4. The van der Waals surface area contributed by atoms with E-state index in [0.29, 0.717) is 5.41 Å². The smallest absolute Gasteiger partial charge is 0.0508 e. The Morgan fingerprint density at radius 3 is 2.79 bits per heavy atom. The first-order valence-corrected chi connectivity index (χ1v) is 5.65. The van der Waals surface area contributed by atoms with Gasteiger partial charge < -0.3 is 15.0 Å². The zero-order valence-electron chi connectivity index (χ0n) is 9.38. The molecule has 0 saturated carbocycles. The average Bonchev–Trinajstić information content (AvgIpc) is 2.45. The molecule has 0 aromatic heterocycles. The molecule has 0 bridgehead atoms. The zero-order valence-corrected chi connectivity index (χ0v) is 9.38. The molecule has 0 aromatic carbocycles. The van der Waals surface area contributed by atoms with Crippen LogP contribution in [0, 0.1) is 11.3 Å². The van der Waals surface area contributed by atoms with E-state index in [1.807, 2.05) is 7.11 Å². The summed E-state index contributed by atoms with van der Waals surface area (Å²) in [5, 5.41) is 3.45. The molecule has 1 N–H and O–H groups in total. The summed E-state index contributed by atoms with van der Waals surface area (Å²) in [6, 6.07) is 0. The number of ether oxygens (including phenoxy) is 1. The maximum absolute atomic E-state index is 5.35. The van der Waals surface area contributed by atoms with Crippen LogP contribution in [0.1, 0.15) is 12.8 Å². The molecule has 2 fully saturated rings. The normalized spacial score (nSPS) is 32.6. The van der Waals surface area contributed by atoms with Crippen molar-refractivity contribution >= 4 is 0 Å². The molecule has 82 valence electrons. The second-order valence-electron chi connectivity index (χ2n) is 4.96. The van der Waals surface area contributed by atoms with E-state index in [9.17, 15) is 0 Å². The lowest BCUT2D eigenvalue weighted by atomic mass is 9.71. The average molecular weight is 198 g/mol. The molecule has 0 aliphatic carbocycles. The van der Waals surface area contributed by atoms with E-state index in [1.165, 1.54) is 39.0 Å². The molecule has 2 aliphatic heterocycles. The summed E-state index contributed by atoms with van der Waals surface area (Å²) in [5.74, 6) is 0.750. The highest BCUT2D eigenvalue weighted by Gasteiger charge is 2.45. The fourth-order valence-electron chi connectivity index (χ4n) is 3.22. The van der Waals surface area contributed by atoms with Gasteiger partial charge in [-0.2, -0.15) is 0 Å². The van der Waals surface area contributed by atoms with Crippen molar-refractivity contribution in [1.82, 2.24) is 10.2 Å². The minimum absolute atomic E-state index is 0.552. The van der Waals surface area contributed by atoms with Crippen LogP contribution in [0.2, 0.25) is 0 Å². The number of nitrogens with one attached hydrogen (secondary N) is 1. The molecule has 1 atom stereocenters. The lowest BCUT2D eigenvalue weighted by molar-refractivity contribution is 0.0717. The zero-order chi connectivity index (χ0) is 10.0. The number of hydrogen-bond donors (Lipinski definition) is 1. The summed E-state index contributed by atoms with van der Waals surface area (Å²) >= 11 is 0. The molecule has 0 aromatic rings. The third kappa shape index (κ3) is 1.81. The molecule has 2 heterocycles. The van der Waals surface area contributed by atoms with Gasteiger partial charge in [0.1, 0.15) is 0 Å². The predicted molar refractivity (Wildman–Crippen MR) is 57.4 cm³/mol. The highest BCUT2D eigenvalue weighted by atomic mass is 16.5. The van der Waals surface area contributed by atoms with Gasteiger partial charge in [0.25, 0.3) is 0 Å². The third-order valence-corrected chi connectivity index (χ3v) is 3.95. The van der Waals surface area contributed by atoms with Gasteiger partial charge >= 0.3 is 0 Å². The van der Waals surface area contributed by atoms with Crippen LogP contribution in [0.3, 0.4) is 0 Å². The Morgan fingerprint density at radius 1 is 1.43 bits per heavy atom. The standard InChI is InChI=1S/C11H22N2O/c1-13-7-10(8-14-2)11(9-13)3-5-12-6-4-11/h10,12H,3-9H2,1-2H3/t10-/m0/s1. The van der Waals surface area contributed by atoms with Crippen LogP contribution in [-0.2, 0) is 4.74 Å². The van der Waals surface area contributed by atoms with Crippen LogP contribution < -0.4 is 5.32 Å². The van der Waals surface area contributed by atoms with Crippen molar-refractivity contribution in [3.05, 3.63) is 0 Å². The quantitative estimate of drug-likeness (QED) is 0.702. The van der Waals surface area contributed by atoms with Gasteiger partial charge in [0.05, 0.1) is 6.61 Å². The van der Waals surface area contributed by atoms with Gasteiger partial charge in [-0.15, -0.1) is 0 Å². The van der Waals surface area contributed by atoms with Crippen molar-refractivity contribution in [1.29, 1.82) is 0 Å². The van der Waals surface area contributed by atoms with Crippen LogP contribution in [0.15, 0.2) is 0 Å². The van der Waals surface area contributed by atoms with E-state index in [2.05, 4.69) is 17.3 Å². The number of rotatable bonds is 2. The Labute approximate surface area is 86.8 Å². The van der Waals surface area contributed by atoms with Crippen LogP contribution in [0.4, 0.5) is 0 Å². The fraction of sp³-hybridized carbons (Fsp3) is 1.00. The molecule has 2 aliphatic rings. The minimum atomic E-state index is 0.552. The highest BCUT2D eigenvalue weighted by molar-refractivity contribution is 4.98. The molecule has 2 rings (SSSR count). The molecule has 3 heteroatoms. The topological polar surface area (TPSA) is 24.5 Å². The summed E-state index contributed by atoms with van der Waals surface area (Å²) in [5.41, 5.74) is 0.552. The van der Waals surface area contributed by atoms with E-state index >= 15 is 0 Å². The largest absolute Gasteiger partial charge is 0.384 e. The minimum Gasteiger partial charge on any atom is -0.384 e. The van der Waals surface area contributed by atoms with Crippen molar-refractivity contribution in [3.8, 4) is 0 Å². The Balaban J connectivity index is 2.05. The van der Waals surface area contributed by atoms with Gasteiger partial charge in [0.15, 0.2) is 0 Å². The predicted octanol–water partition coefficient (Wildman–Crippen LogP) is 0.564. The van der Waals surface area contributed by atoms with Gasteiger partial charge in [-0.25, -0.2) is 0 Å². The van der Waals surface area contributed by atoms with Crippen LogP contribution in [0.5, 0.6) is 0 Å². The van der Waals surface area contributed by atoms with Crippen molar-refractivity contribution in [2.24, 2.45) is 11.3 Å². The maximum atomic E-state index is 5.35. The Morgan fingerprint density at radius 2 is 2.14 bits per heavy atom. The van der Waals surface area contributed by atoms with Gasteiger partial charge in [-0.3, -0.25) is 0 Å². The lowest BCUT2D eigenvalue weighted by Crippen LogP contribution is -2.43. The summed E-state index contributed by atoms with van der Waals surface area (Å²) in [6.45, 7) is 5.79. The molecule has 1 spiro atoms. The highest BCUT2D eigenvalue weighted by Crippen LogP contribution is 2.42. The molecule has 14 heavy (non-hydrogen) atoms. The Hall–Kier alpha value is -0.120. The Bertz CT molecular complexity index is 190. The summed E-state index contributed by atoms with van der Waals surface area (Å²) in [4.78, 5) is 2.47. The molecule has 0 unspecified atom stereocenters. The Kier molecular flexibility index (Phi) is 3.10. The number of hydrogen-bond acceptors (Lipinski definition) is 3. The number of likely N-dealkylation sites (tertiary alicyclic amines) is 1. The molecular weight excluding hydrogens is 176 g/mol. The summed E-state index contributed by atoms with van der Waals surface area (Å²) in [7, 11) is 4.06. The number of piperidine rings is 1. The van der Waals surface area contributed by atoms with E-state index < -0.39 is 0 Å². The second-order valence-corrected chi connectivity index (χ2v) is 4.96. The molecule has 0 amide bonds. The fourth-order valence-corrected chi connectivity index (χ4v) is 3.22. The van der Waals surface area contributed by atoms with Gasteiger partial charge in [0.2, 0.25) is 0 Å². The van der Waals surface area contributed by atoms with Crippen molar-refractivity contribution < 1.29 is 4.74 Å². The van der Waals surface area contributed by atoms with E-state index in [1.54, 1.807) is 0 Å². The van der Waals surface area contributed by atoms with Gasteiger partial charge in [0, 0.05) is 26.1 Å². The lowest BCUT2D eigenvalue weighted by Gasteiger charge is -2.38. The molecular formula is C11H22N2O. The van der Waals surface area contributed by atoms with Crippen molar-refractivity contribution in [2.45, 2.75) is 12.8 Å². The van der Waals surface area contributed by atoms with Gasteiger partial charge in [-0.1, -0.05) is 0 Å². The molecule has 2 saturated heterocycles. The first-order chi connectivity index (χ1) is 6.77. The summed E-state index contributed by atoms with van der Waals surface area (Å²) in [6.07, 6.45) is 2.65. The summed E-state index contributed by atoms with van der Waals surface area (Å²) < 4.78 is 5.35.